The zero-order valence-corrected chi connectivity index (χ0v) is 13.2. The smallest absolute Gasteiger partial charge is 0.0932 e. The topological polar surface area (TPSA) is 56.5 Å². The Kier molecular flexibility index (Phi) is 6.18. The van der Waals surface area contributed by atoms with E-state index >= 15 is 0 Å². The Bertz CT molecular complexity index is 425. The molecule has 0 radical (unpaired) electrons. The van der Waals surface area contributed by atoms with Crippen LogP contribution in [0, 0.1) is 0 Å². The largest absolute Gasteiger partial charge is 0.381 e. The Morgan fingerprint density at radius 1 is 1.33 bits per heavy atom. The van der Waals surface area contributed by atoms with E-state index in [4.69, 9.17) is 15.3 Å². The van der Waals surface area contributed by atoms with Crippen LogP contribution in [0.3, 0.4) is 0 Å². The van der Waals surface area contributed by atoms with Crippen molar-refractivity contribution >= 4 is 0 Å². The summed E-state index contributed by atoms with van der Waals surface area (Å²) in [6.45, 7) is 6.39. The molecule has 1 aliphatic heterocycles. The lowest BCUT2D eigenvalue weighted by atomic mass is 9.82. The van der Waals surface area contributed by atoms with Crippen molar-refractivity contribution in [3.63, 3.8) is 0 Å². The molecule has 1 atom stereocenters. The van der Waals surface area contributed by atoms with E-state index in [0.717, 1.165) is 38.9 Å². The Morgan fingerprint density at radius 2 is 2.10 bits per heavy atom. The summed E-state index contributed by atoms with van der Waals surface area (Å²) in [5.74, 6) is 5.90. The second-order valence-electron chi connectivity index (χ2n) is 5.70. The third-order valence-electron chi connectivity index (χ3n) is 4.29. The van der Waals surface area contributed by atoms with Crippen LogP contribution in [0.4, 0.5) is 0 Å². The number of benzene rings is 1. The zero-order chi connectivity index (χ0) is 15.1. The van der Waals surface area contributed by atoms with E-state index in [1.54, 1.807) is 0 Å². The number of nitrogens with two attached hydrogens (primary N) is 1. The quantitative estimate of drug-likeness (QED) is 0.599. The fourth-order valence-corrected chi connectivity index (χ4v) is 3.29. The van der Waals surface area contributed by atoms with Crippen molar-refractivity contribution in [2.45, 2.75) is 51.2 Å². The molecule has 1 aromatic rings. The van der Waals surface area contributed by atoms with Crippen LogP contribution in [0.2, 0.25) is 0 Å². The minimum atomic E-state index is -0.271. The highest BCUT2D eigenvalue weighted by molar-refractivity contribution is 5.28. The van der Waals surface area contributed by atoms with Gasteiger partial charge in [-0.05, 0) is 24.5 Å². The fraction of sp³-hybridized carbons (Fsp3) is 0.647. The highest BCUT2D eigenvalue weighted by atomic mass is 16.5. The zero-order valence-electron chi connectivity index (χ0n) is 13.2. The summed E-state index contributed by atoms with van der Waals surface area (Å²) in [6.07, 6.45) is 3.98. The van der Waals surface area contributed by atoms with E-state index < -0.39 is 0 Å². The van der Waals surface area contributed by atoms with Gasteiger partial charge in [-0.1, -0.05) is 37.6 Å². The lowest BCUT2D eigenvalue weighted by Crippen LogP contribution is -2.51. The van der Waals surface area contributed by atoms with E-state index in [9.17, 15) is 0 Å². The van der Waals surface area contributed by atoms with E-state index in [2.05, 4.69) is 36.6 Å². The van der Waals surface area contributed by atoms with Crippen molar-refractivity contribution in [1.29, 1.82) is 0 Å². The van der Waals surface area contributed by atoms with Gasteiger partial charge in [-0.2, -0.15) is 0 Å². The predicted octanol–water partition coefficient (Wildman–Crippen LogP) is 2.73. The van der Waals surface area contributed by atoms with Gasteiger partial charge in [0.05, 0.1) is 11.6 Å². The Morgan fingerprint density at radius 3 is 2.71 bits per heavy atom. The molecular weight excluding hydrogens is 264 g/mol. The van der Waals surface area contributed by atoms with Crippen LogP contribution in [0.1, 0.15) is 50.3 Å². The molecule has 1 unspecified atom stereocenters. The van der Waals surface area contributed by atoms with Gasteiger partial charge >= 0.3 is 0 Å². The maximum atomic E-state index is 6.16. The minimum Gasteiger partial charge on any atom is -0.381 e. The summed E-state index contributed by atoms with van der Waals surface area (Å²) in [7, 11) is 0. The molecule has 21 heavy (non-hydrogen) atoms. The Hall–Kier alpha value is -0.940. The van der Waals surface area contributed by atoms with Crippen LogP contribution < -0.4 is 11.3 Å². The molecule has 0 aromatic heterocycles. The molecule has 4 nitrogen and oxygen atoms in total. The summed E-state index contributed by atoms with van der Waals surface area (Å²) < 4.78 is 11.7. The molecule has 118 valence electrons. The molecule has 1 heterocycles. The lowest BCUT2D eigenvalue weighted by Gasteiger charge is -2.43. The van der Waals surface area contributed by atoms with Crippen LogP contribution in [0.25, 0.3) is 0 Å². The number of hydrogen-bond acceptors (Lipinski definition) is 4. The van der Waals surface area contributed by atoms with E-state index in [1.165, 1.54) is 11.1 Å². The minimum absolute atomic E-state index is 0.00171. The van der Waals surface area contributed by atoms with E-state index in [-0.39, 0.29) is 11.6 Å². The van der Waals surface area contributed by atoms with Crippen LogP contribution >= 0.6 is 0 Å². The maximum Gasteiger partial charge on any atom is 0.0932 e. The number of hydrogen-bond donors (Lipinski definition) is 2. The molecule has 1 saturated heterocycles. The van der Waals surface area contributed by atoms with Gasteiger partial charge in [0.1, 0.15) is 0 Å². The highest BCUT2D eigenvalue weighted by Crippen LogP contribution is 2.37. The van der Waals surface area contributed by atoms with Gasteiger partial charge in [0.15, 0.2) is 0 Å². The van der Waals surface area contributed by atoms with Crippen LogP contribution in [0.15, 0.2) is 24.3 Å². The average Bonchev–Trinajstić information content (AvgIpc) is 2.50. The molecular formula is C17H28N2O2. The molecule has 3 N–H and O–H groups in total. The second kappa shape index (κ2) is 7.90. The molecule has 1 aromatic carbocycles. The summed E-state index contributed by atoms with van der Waals surface area (Å²) in [6, 6.07) is 8.68. The number of hydrazine groups is 1. The summed E-state index contributed by atoms with van der Waals surface area (Å²) in [5.41, 5.74) is 5.29. The molecule has 0 spiro atoms. The predicted molar refractivity (Wildman–Crippen MR) is 84.9 cm³/mol. The summed E-state index contributed by atoms with van der Waals surface area (Å²) in [4.78, 5) is 0. The highest BCUT2D eigenvalue weighted by Gasteiger charge is 2.41. The molecule has 0 bridgehead atoms. The van der Waals surface area contributed by atoms with Crippen LogP contribution in [-0.4, -0.2) is 25.4 Å². The Balaban J connectivity index is 2.29. The standard InChI is InChI=1S/C17H28N2O2/c1-3-6-14-7-5-8-15(13-14)16(19-18)17(21-4-2)9-11-20-12-10-17/h5,7-8,13,16,19H,3-4,6,9-12,18H2,1-2H3. The first kappa shape index (κ1) is 16.4. The van der Waals surface area contributed by atoms with Gasteiger partial charge < -0.3 is 9.47 Å². The Labute approximate surface area is 128 Å². The normalized spacial score (nSPS) is 19.4. The van der Waals surface area contributed by atoms with Crippen molar-refractivity contribution in [1.82, 2.24) is 5.43 Å². The maximum absolute atomic E-state index is 6.16. The number of nitrogens with one attached hydrogen (secondary N) is 1. The first-order valence-corrected chi connectivity index (χ1v) is 8.02. The van der Waals surface area contributed by atoms with Gasteiger partial charge in [-0.25, -0.2) is 0 Å². The van der Waals surface area contributed by atoms with Crippen molar-refractivity contribution in [3.05, 3.63) is 35.4 Å². The third kappa shape index (κ3) is 3.83. The van der Waals surface area contributed by atoms with E-state index in [1.807, 2.05) is 6.92 Å². The summed E-state index contributed by atoms with van der Waals surface area (Å²) in [5, 5.41) is 0. The molecule has 0 amide bonds. The number of rotatable bonds is 7. The number of ether oxygens (including phenoxy) is 2. The van der Waals surface area contributed by atoms with Crippen LogP contribution in [-0.2, 0) is 15.9 Å². The van der Waals surface area contributed by atoms with Gasteiger partial charge in [0.25, 0.3) is 0 Å². The summed E-state index contributed by atoms with van der Waals surface area (Å²) >= 11 is 0. The van der Waals surface area contributed by atoms with Crippen molar-refractivity contribution in [2.24, 2.45) is 5.84 Å². The van der Waals surface area contributed by atoms with Crippen LogP contribution in [0.5, 0.6) is 0 Å². The van der Waals surface area contributed by atoms with Crippen molar-refractivity contribution in [2.75, 3.05) is 19.8 Å². The van der Waals surface area contributed by atoms with Gasteiger partial charge in [0.2, 0.25) is 0 Å². The van der Waals surface area contributed by atoms with Crippen molar-refractivity contribution in [3.8, 4) is 0 Å². The lowest BCUT2D eigenvalue weighted by molar-refractivity contribution is -0.128. The van der Waals surface area contributed by atoms with Gasteiger partial charge in [-0.15, -0.1) is 0 Å². The number of aryl methyl sites for hydroxylation is 1. The molecule has 4 heteroatoms. The second-order valence-corrected chi connectivity index (χ2v) is 5.70. The van der Waals surface area contributed by atoms with Gasteiger partial charge in [0, 0.05) is 32.7 Å². The van der Waals surface area contributed by atoms with E-state index in [0.29, 0.717) is 6.61 Å². The molecule has 1 fully saturated rings. The average molecular weight is 292 g/mol. The van der Waals surface area contributed by atoms with Crippen molar-refractivity contribution < 1.29 is 9.47 Å². The monoisotopic (exact) mass is 292 g/mol. The third-order valence-corrected chi connectivity index (χ3v) is 4.29. The SMILES string of the molecule is CCCc1cccc(C(NN)C2(OCC)CCOCC2)c1. The van der Waals surface area contributed by atoms with Gasteiger partial charge in [-0.3, -0.25) is 11.3 Å². The molecule has 1 aliphatic rings. The molecule has 0 aliphatic carbocycles. The fourth-order valence-electron chi connectivity index (χ4n) is 3.29. The molecule has 0 saturated carbocycles. The molecule has 2 rings (SSSR count). The first-order chi connectivity index (χ1) is 10.3. The first-order valence-electron chi connectivity index (χ1n) is 8.02.